The van der Waals surface area contributed by atoms with Crippen LogP contribution >= 0.6 is 11.6 Å². The van der Waals surface area contributed by atoms with Crippen LogP contribution in [0.3, 0.4) is 0 Å². The molecule has 3 aromatic rings. The molecule has 0 N–H and O–H groups in total. The van der Waals surface area contributed by atoms with Gasteiger partial charge in [-0.05, 0) is 66.2 Å². The Kier molecular flexibility index (Phi) is 5.68. The highest BCUT2D eigenvalue weighted by atomic mass is 35.5. The first-order chi connectivity index (χ1) is 12.9. The van der Waals surface area contributed by atoms with Gasteiger partial charge in [0, 0.05) is 5.02 Å². The lowest BCUT2D eigenvalue weighted by atomic mass is 10.2. The summed E-state index contributed by atoms with van der Waals surface area (Å²) in [6.07, 6.45) is 0. The number of anilines is 1. The number of hydrogen-bond acceptors (Lipinski definition) is 3. The van der Waals surface area contributed by atoms with Crippen molar-refractivity contribution in [3.05, 3.63) is 89.2 Å². The predicted octanol–water partition coefficient (Wildman–Crippen LogP) is 4.88. The van der Waals surface area contributed by atoms with E-state index >= 15 is 0 Å². The van der Waals surface area contributed by atoms with E-state index in [0.29, 0.717) is 16.5 Å². The highest BCUT2D eigenvalue weighted by Crippen LogP contribution is 2.27. The molecule has 0 radical (unpaired) electrons. The molecule has 0 heterocycles. The van der Waals surface area contributed by atoms with Crippen LogP contribution in [0.25, 0.3) is 0 Å². The molecule has 7 heteroatoms. The number of hydrogen-bond donors (Lipinski definition) is 0. The summed E-state index contributed by atoms with van der Waals surface area (Å²) in [4.78, 5) is 0.102. The van der Waals surface area contributed by atoms with Crippen molar-refractivity contribution in [2.24, 2.45) is 0 Å². The fourth-order valence-corrected chi connectivity index (χ4v) is 4.13. The van der Waals surface area contributed by atoms with E-state index in [4.69, 9.17) is 16.3 Å². The van der Waals surface area contributed by atoms with Gasteiger partial charge < -0.3 is 4.74 Å². The number of nitrogens with zero attached hydrogens (tertiary/aromatic N) is 1. The third kappa shape index (κ3) is 4.40. The topological polar surface area (TPSA) is 46.6 Å². The average molecular weight is 406 g/mol. The number of methoxy groups -OCH3 is 1. The molecule has 0 fully saturated rings. The van der Waals surface area contributed by atoms with Crippen LogP contribution in [0.15, 0.2) is 77.7 Å². The van der Waals surface area contributed by atoms with Crippen molar-refractivity contribution in [2.75, 3.05) is 11.4 Å². The van der Waals surface area contributed by atoms with E-state index in [1.54, 1.807) is 31.4 Å². The fourth-order valence-electron chi connectivity index (χ4n) is 2.55. The molecule has 0 saturated heterocycles. The third-order valence-corrected chi connectivity index (χ3v) is 6.04. The van der Waals surface area contributed by atoms with E-state index in [2.05, 4.69) is 0 Å². The lowest BCUT2D eigenvalue weighted by Gasteiger charge is -2.25. The number of benzene rings is 3. The number of ether oxygens (including phenoxy) is 1. The monoisotopic (exact) mass is 405 g/mol. The Labute approximate surface area is 162 Å². The zero-order valence-corrected chi connectivity index (χ0v) is 16.0. The molecular formula is C20H17ClFNO3S. The van der Waals surface area contributed by atoms with Crippen molar-refractivity contribution in [1.29, 1.82) is 0 Å². The Hall–Kier alpha value is -2.57. The Morgan fingerprint density at radius 2 is 1.52 bits per heavy atom. The summed E-state index contributed by atoms with van der Waals surface area (Å²) in [5, 5.41) is 0.442. The van der Waals surface area contributed by atoms with Gasteiger partial charge in [0.25, 0.3) is 10.0 Å². The molecule has 0 aromatic heterocycles. The molecule has 0 bridgehead atoms. The molecule has 27 heavy (non-hydrogen) atoms. The maximum absolute atomic E-state index is 13.3. The third-order valence-electron chi connectivity index (χ3n) is 4.00. The minimum absolute atomic E-state index is 0.0839. The lowest BCUT2D eigenvalue weighted by Crippen LogP contribution is -2.30. The van der Waals surface area contributed by atoms with Gasteiger partial charge in [0.15, 0.2) is 0 Å². The molecule has 0 unspecified atom stereocenters. The molecule has 3 aromatic carbocycles. The van der Waals surface area contributed by atoms with E-state index in [9.17, 15) is 12.8 Å². The Morgan fingerprint density at radius 1 is 0.926 bits per heavy atom. The number of halogens is 2. The van der Waals surface area contributed by atoms with Gasteiger partial charge in [0.1, 0.15) is 11.6 Å². The van der Waals surface area contributed by atoms with E-state index < -0.39 is 15.8 Å². The summed E-state index contributed by atoms with van der Waals surface area (Å²) < 4.78 is 46.1. The van der Waals surface area contributed by atoms with E-state index in [0.717, 1.165) is 5.56 Å². The first-order valence-electron chi connectivity index (χ1n) is 8.07. The summed E-state index contributed by atoms with van der Waals surface area (Å²) in [5.74, 6) is 0.236. The van der Waals surface area contributed by atoms with Gasteiger partial charge in [-0.1, -0.05) is 23.7 Å². The SMILES string of the molecule is COc1ccc(CN(c2ccc(F)cc2)S(=O)(=O)c2ccc(Cl)cc2)cc1. The van der Waals surface area contributed by atoms with Gasteiger partial charge in [0.2, 0.25) is 0 Å². The van der Waals surface area contributed by atoms with Gasteiger partial charge in [-0.2, -0.15) is 0 Å². The van der Waals surface area contributed by atoms with Crippen LogP contribution < -0.4 is 9.04 Å². The molecule has 0 amide bonds. The smallest absolute Gasteiger partial charge is 0.264 e. The molecule has 0 aliphatic rings. The van der Waals surface area contributed by atoms with Crippen LogP contribution in [0.5, 0.6) is 5.75 Å². The highest BCUT2D eigenvalue weighted by Gasteiger charge is 2.25. The molecule has 4 nitrogen and oxygen atoms in total. The molecule has 0 aliphatic carbocycles. The first-order valence-corrected chi connectivity index (χ1v) is 9.89. The molecule has 3 rings (SSSR count). The maximum Gasteiger partial charge on any atom is 0.264 e. The van der Waals surface area contributed by atoms with Gasteiger partial charge in [-0.15, -0.1) is 0 Å². The van der Waals surface area contributed by atoms with Gasteiger partial charge >= 0.3 is 0 Å². The highest BCUT2D eigenvalue weighted by molar-refractivity contribution is 7.92. The van der Waals surface area contributed by atoms with Crippen molar-refractivity contribution in [1.82, 2.24) is 0 Å². The van der Waals surface area contributed by atoms with Crippen molar-refractivity contribution in [2.45, 2.75) is 11.4 Å². The summed E-state index contributed by atoms with van der Waals surface area (Å²) in [6, 6.07) is 18.3. The fraction of sp³-hybridized carbons (Fsp3) is 0.100. The average Bonchev–Trinajstić information content (AvgIpc) is 2.68. The largest absolute Gasteiger partial charge is 0.497 e. The Balaban J connectivity index is 2.03. The minimum atomic E-state index is -3.88. The minimum Gasteiger partial charge on any atom is -0.497 e. The Bertz CT molecular complexity index is 1000. The van der Waals surface area contributed by atoms with Crippen LogP contribution in [0.1, 0.15) is 5.56 Å². The van der Waals surface area contributed by atoms with Crippen molar-refractivity contribution < 1.29 is 17.5 Å². The van der Waals surface area contributed by atoms with Crippen molar-refractivity contribution in [3.8, 4) is 5.75 Å². The zero-order chi connectivity index (χ0) is 19.4. The zero-order valence-electron chi connectivity index (χ0n) is 14.5. The molecular weight excluding hydrogens is 389 g/mol. The molecule has 0 saturated carbocycles. The molecule has 0 atom stereocenters. The van der Waals surface area contributed by atoms with Crippen LogP contribution in [-0.2, 0) is 16.6 Å². The quantitative estimate of drug-likeness (QED) is 0.587. The molecule has 140 valence electrons. The van der Waals surface area contributed by atoms with Gasteiger partial charge in [-0.25, -0.2) is 12.8 Å². The lowest BCUT2D eigenvalue weighted by molar-refractivity contribution is 0.414. The molecule has 0 spiro atoms. The van der Waals surface area contributed by atoms with Crippen LogP contribution in [0.4, 0.5) is 10.1 Å². The van der Waals surface area contributed by atoms with Crippen molar-refractivity contribution >= 4 is 27.3 Å². The van der Waals surface area contributed by atoms with Crippen LogP contribution in [0, 0.1) is 5.82 Å². The summed E-state index contributed by atoms with van der Waals surface area (Å²) >= 11 is 5.87. The number of rotatable bonds is 6. The maximum atomic E-state index is 13.3. The summed E-state index contributed by atoms with van der Waals surface area (Å²) in [7, 11) is -2.32. The van der Waals surface area contributed by atoms with Crippen LogP contribution in [-0.4, -0.2) is 15.5 Å². The standard InChI is InChI=1S/C20H17ClFNO3S/c1-26-19-10-2-15(3-11-19)14-23(18-8-6-17(22)7-9-18)27(24,25)20-12-4-16(21)5-13-20/h2-13H,14H2,1H3. The normalized spacial score (nSPS) is 11.2. The molecule has 0 aliphatic heterocycles. The number of sulfonamides is 1. The second-order valence-corrected chi connectivity index (χ2v) is 8.09. The second-order valence-electron chi connectivity index (χ2n) is 5.79. The van der Waals surface area contributed by atoms with E-state index in [-0.39, 0.29) is 11.4 Å². The van der Waals surface area contributed by atoms with Gasteiger partial charge in [-0.3, -0.25) is 4.31 Å². The predicted molar refractivity (Wildman–Crippen MR) is 104 cm³/mol. The summed E-state index contributed by atoms with van der Waals surface area (Å²) in [6.45, 7) is 0.0839. The van der Waals surface area contributed by atoms with E-state index in [1.165, 1.54) is 52.8 Å². The van der Waals surface area contributed by atoms with Crippen molar-refractivity contribution in [3.63, 3.8) is 0 Å². The second kappa shape index (κ2) is 7.98. The Morgan fingerprint density at radius 3 is 2.07 bits per heavy atom. The summed E-state index contributed by atoms with van der Waals surface area (Å²) in [5.41, 5.74) is 1.12. The van der Waals surface area contributed by atoms with Crippen LogP contribution in [0.2, 0.25) is 5.02 Å². The first kappa shape index (κ1) is 19.2. The van der Waals surface area contributed by atoms with E-state index in [1.807, 2.05) is 0 Å². The van der Waals surface area contributed by atoms with Gasteiger partial charge in [0.05, 0.1) is 24.2 Å².